The highest BCUT2D eigenvalue weighted by molar-refractivity contribution is 5.90. The topological polar surface area (TPSA) is 52.1 Å². The highest BCUT2D eigenvalue weighted by Crippen LogP contribution is 2.29. The Morgan fingerprint density at radius 2 is 1.61 bits per heavy atom. The van der Waals surface area contributed by atoms with Crippen molar-refractivity contribution in [2.24, 2.45) is 0 Å². The molecule has 0 atom stereocenters. The fourth-order valence-electron chi connectivity index (χ4n) is 2.01. The van der Waals surface area contributed by atoms with Crippen LogP contribution in [-0.4, -0.2) is 10.1 Å². The Morgan fingerprint density at radius 1 is 0.833 bits per heavy atom. The van der Waals surface area contributed by atoms with Crippen LogP contribution < -0.4 is 0 Å². The summed E-state index contributed by atoms with van der Waals surface area (Å²) in [6.45, 7) is 0. The number of aromatic nitrogens is 2. The van der Waals surface area contributed by atoms with E-state index in [1.165, 1.54) is 0 Å². The molecule has 0 unspecified atom stereocenters. The number of nitrogens with zero attached hydrogens (tertiary/aromatic N) is 2. The number of para-hydroxylation sites is 3. The zero-order valence-corrected chi connectivity index (χ0v) is 9.33. The Balaban J connectivity index is 2.01. The van der Waals surface area contributed by atoms with Gasteiger partial charge in [0.05, 0.1) is 5.39 Å². The first-order chi connectivity index (χ1) is 8.92. The van der Waals surface area contributed by atoms with Gasteiger partial charge in [-0.15, -0.1) is 0 Å². The number of oxazole rings is 1. The third-order valence-electron chi connectivity index (χ3n) is 2.87. The number of rotatable bonds is 1. The summed E-state index contributed by atoms with van der Waals surface area (Å²) < 4.78 is 10.9. The number of fused-ring (bicyclic) bond motifs is 2. The van der Waals surface area contributed by atoms with E-state index in [4.69, 9.17) is 8.94 Å². The standard InChI is InChI=1S/C14H8N2O2/c1-3-7-11-9(5-1)13(16-18-11)14-15-10-6-2-4-8-12(10)17-14/h1-8H. The maximum Gasteiger partial charge on any atom is 0.250 e. The Bertz CT molecular complexity index is 812. The van der Waals surface area contributed by atoms with Gasteiger partial charge in [-0.2, -0.15) is 0 Å². The lowest BCUT2D eigenvalue weighted by atomic mass is 10.2. The molecule has 86 valence electrons. The Morgan fingerprint density at radius 3 is 2.50 bits per heavy atom. The van der Waals surface area contributed by atoms with Crippen molar-refractivity contribution in [1.29, 1.82) is 0 Å². The maximum absolute atomic E-state index is 5.69. The van der Waals surface area contributed by atoms with Crippen LogP contribution in [0.25, 0.3) is 33.7 Å². The normalized spacial score (nSPS) is 11.3. The van der Waals surface area contributed by atoms with Gasteiger partial charge in [0.25, 0.3) is 5.89 Å². The summed E-state index contributed by atoms with van der Waals surface area (Å²) in [5, 5.41) is 4.94. The average Bonchev–Trinajstić information content (AvgIpc) is 3.02. The predicted molar refractivity (Wildman–Crippen MR) is 67.0 cm³/mol. The Hall–Kier alpha value is -2.62. The van der Waals surface area contributed by atoms with Gasteiger partial charge in [-0.25, -0.2) is 4.98 Å². The Labute approximate surface area is 102 Å². The second-order valence-corrected chi connectivity index (χ2v) is 4.01. The van der Waals surface area contributed by atoms with Gasteiger partial charge in [0.15, 0.2) is 16.9 Å². The van der Waals surface area contributed by atoms with Crippen LogP contribution in [0.4, 0.5) is 0 Å². The molecule has 0 fully saturated rings. The number of benzene rings is 2. The number of hydrogen-bond donors (Lipinski definition) is 0. The van der Waals surface area contributed by atoms with E-state index < -0.39 is 0 Å². The van der Waals surface area contributed by atoms with Crippen molar-refractivity contribution >= 4 is 22.1 Å². The predicted octanol–water partition coefficient (Wildman–Crippen LogP) is 3.64. The third kappa shape index (κ3) is 1.26. The van der Waals surface area contributed by atoms with Crippen molar-refractivity contribution in [1.82, 2.24) is 10.1 Å². The molecule has 2 aromatic carbocycles. The molecule has 4 rings (SSSR count). The molecule has 4 heteroatoms. The molecule has 0 amide bonds. The molecule has 0 spiro atoms. The lowest BCUT2D eigenvalue weighted by molar-refractivity contribution is 0.455. The monoisotopic (exact) mass is 236 g/mol. The minimum atomic E-state index is 0.487. The lowest BCUT2D eigenvalue weighted by Gasteiger charge is -1.87. The molecule has 2 heterocycles. The smallest absolute Gasteiger partial charge is 0.250 e. The van der Waals surface area contributed by atoms with Gasteiger partial charge < -0.3 is 8.94 Å². The first kappa shape index (κ1) is 9.41. The zero-order chi connectivity index (χ0) is 11.9. The van der Waals surface area contributed by atoms with E-state index in [9.17, 15) is 0 Å². The molecular weight excluding hydrogens is 228 g/mol. The minimum Gasteiger partial charge on any atom is -0.435 e. The van der Waals surface area contributed by atoms with E-state index >= 15 is 0 Å². The van der Waals surface area contributed by atoms with Crippen molar-refractivity contribution in [3.63, 3.8) is 0 Å². The van der Waals surface area contributed by atoms with Gasteiger partial charge in [-0.3, -0.25) is 0 Å². The first-order valence-electron chi connectivity index (χ1n) is 5.62. The summed E-state index contributed by atoms with van der Waals surface area (Å²) in [5.41, 5.74) is 2.94. The van der Waals surface area contributed by atoms with Crippen LogP contribution >= 0.6 is 0 Å². The molecule has 0 saturated carbocycles. The van der Waals surface area contributed by atoms with E-state index in [2.05, 4.69) is 10.1 Å². The summed E-state index contributed by atoms with van der Waals surface area (Å²) in [7, 11) is 0. The molecular formula is C14H8N2O2. The van der Waals surface area contributed by atoms with Crippen molar-refractivity contribution < 1.29 is 8.94 Å². The molecule has 0 aliphatic carbocycles. The van der Waals surface area contributed by atoms with E-state index in [1.807, 2.05) is 48.5 Å². The molecule has 0 aliphatic heterocycles. The van der Waals surface area contributed by atoms with Crippen LogP contribution in [0.15, 0.2) is 57.5 Å². The van der Waals surface area contributed by atoms with Crippen LogP contribution in [0.5, 0.6) is 0 Å². The van der Waals surface area contributed by atoms with Gasteiger partial charge in [-0.1, -0.05) is 29.4 Å². The molecule has 0 bridgehead atoms. The summed E-state index contributed by atoms with van der Waals surface area (Å²) in [4.78, 5) is 4.42. The third-order valence-corrected chi connectivity index (χ3v) is 2.87. The Kier molecular flexibility index (Phi) is 1.80. The van der Waals surface area contributed by atoms with Crippen LogP contribution in [0.3, 0.4) is 0 Å². The first-order valence-corrected chi connectivity index (χ1v) is 5.62. The molecule has 18 heavy (non-hydrogen) atoms. The van der Waals surface area contributed by atoms with E-state index in [1.54, 1.807) is 0 Å². The summed E-state index contributed by atoms with van der Waals surface area (Å²) in [5.74, 6) is 0.487. The summed E-state index contributed by atoms with van der Waals surface area (Å²) >= 11 is 0. The minimum absolute atomic E-state index is 0.487. The van der Waals surface area contributed by atoms with Gasteiger partial charge in [0.1, 0.15) is 5.52 Å². The molecule has 0 aliphatic rings. The van der Waals surface area contributed by atoms with Crippen LogP contribution in [-0.2, 0) is 0 Å². The van der Waals surface area contributed by atoms with Gasteiger partial charge >= 0.3 is 0 Å². The molecule has 0 radical (unpaired) electrons. The van der Waals surface area contributed by atoms with E-state index in [-0.39, 0.29) is 0 Å². The second kappa shape index (κ2) is 3.43. The fourth-order valence-corrected chi connectivity index (χ4v) is 2.01. The molecule has 0 N–H and O–H groups in total. The van der Waals surface area contributed by atoms with E-state index in [0.717, 1.165) is 22.1 Å². The summed E-state index contributed by atoms with van der Waals surface area (Å²) in [6, 6.07) is 15.3. The molecule has 4 aromatic rings. The molecule has 2 aromatic heterocycles. The highest BCUT2D eigenvalue weighted by Gasteiger charge is 2.15. The second-order valence-electron chi connectivity index (χ2n) is 4.01. The lowest BCUT2D eigenvalue weighted by Crippen LogP contribution is -1.76. The highest BCUT2D eigenvalue weighted by atomic mass is 16.5. The van der Waals surface area contributed by atoms with Gasteiger partial charge in [0.2, 0.25) is 0 Å². The van der Waals surface area contributed by atoms with Crippen molar-refractivity contribution in [3.8, 4) is 11.6 Å². The van der Waals surface area contributed by atoms with Crippen LogP contribution in [0.2, 0.25) is 0 Å². The number of hydrogen-bond acceptors (Lipinski definition) is 4. The molecule has 0 saturated heterocycles. The van der Waals surface area contributed by atoms with Gasteiger partial charge in [-0.05, 0) is 24.3 Å². The van der Waals surface area contributed by atoms with Crippen molar-refractivity contribution in [2.75, 3.05) is 0 Å². The fraction of sp³-hybridized carbons (Fsp3) is 0. The van der Waals surface area contributed by atoms with Gasteiger partial charge in [0, 0.05) is 0 Å². The zero-order valence-electron chi connectivity index (χ0n) is 9.33. The maximum atomic E-state index is 5.69. The molecule has 4 nitrogen and oxygen atoms in total. The average molecular weight is 236 g/mol. The van der Waals surface area contributed by atoms with Crippen molar-refractivity contribution in [2.45, 2.75) is 0 Å². The van der Waals surface area contributed by atoms with E-state index in [0.29, 0.717) is 11.6 Å². The SMILES string of the molecule is c1ccc2oc(-c3noc4ccccc34)nc2c1. The largest absolute Gasteiger partial charge is 0.435 e. The van der Waals surface area contributed by atoms with Crippen molar-refractivity contribution in [3.05, 3.63) is 48.5 Å². The van der Waals surface area contributed by atoms with Crippen LogP contribution in [0, 0.1) is 0 Å². The van der Waals surface area contributed by atoms with Crippen LogP contribution in [0.1, 0.15) is 0 Å². The summed E-state index contributed by atoms with van der Waals surface area (Å²) in [6.07, 6.45) is 0. The quantitative estimate of drug-likeness (QED) is 0.506.